The standard InChI is InChI=1S/C24H23NO4/c26-16-24(13-17-10-11-18-6-4-5-9-20(18)12-17)14-21-23(27)28-15-22(25(21)29-24)19-7-2-1-3-8-19/h1-12,21-22,26H,13-16H2/t21-,22+,24-/m0/s1. The van der Waals surface area contributed by atoms with Crippen molar-refractivity contribution in [1.82, 2.24) is 5.06 Å². The van der Waals surface area contributed by atoms with Gasteiger partial charge in [0.1, 0.15) is 18.2 Å². The minimum atomic E-state index is -0.844. The van der Waals surface area contributed by atoms with E-state index in [0.29, 0.717) is 12.8 Å². The van der Waals surface area contributed by atoms with Gasteiger partial charge in [-0.15, -0.1) is 0 Å². The number of aliphatic hydroxyl groups is 1. The second kappa shape index (κ2) is 7.26. The number of hydrogen-bond donors (Lipinski definition) is 1. The van der Waals surface area contributed by atoms with Crippen molar-refractivity contribution in [2.24, 2.45) is 0 Å². The second-order valence-corrected chi connectivity index (χ2v) is 7.93. The number of cyclic esters (lactones) is 1. The summed E-state index contributed by atoms with van der Waals surface area (Å²) in [5, 5.41) is 14.3. The van der Waals surface area contributed by atoms with E-state index >= 15 is 0 Å². The summed E-state index contributed by atoms with van der Waals surface area (Å²) >= 11 is 0. The van der Waals surface area contributed by atoms with Crippen LogP contribution < -0.4 is 0 Å². The summed E-state index contributed by atoms with van der Waals surface area (Å²) in [7, 11) is 0. The Labute approximate surface area is 169 Å². The van der Waals surface area contributed by atoms with Crippen molar-refractivity contribution in [3.8, 4) is 0 Å². The molecule has 2 heterocycles. The molecule has 2 aliphatic heterocycles. The molecule has 3 aromatic rings. The molecular formula is C24H23NO4. The number of hydroxylamine groups is 2. The van der Waals surface area contributed by atoms with Gasteiger partial charge in [-0.3, -0.25) is 9.63 Å². The highest BCUT2D eigenvalue weighted by Gasteiger charge is 2.53. The Morgan fingerprint density at radius 2 is 1.72 bits per heavy atom. The monoisotopic (exact) mass is 389 g/mol. The molecule has 2 aliphatic rings. The summed E-state index contributed by atoms with van der Waals surface area (Å²) in [5.41, 5.74) is 1.26. The molecule has 0 radical (unpaired) electrons. The van der Waals surface area contributed by atoms with Crippen molar-refractivity contribution in [2.45, 2.75) is 30.5 Å². The van der Waals surface area contributed by atoms with E-state index < -0.39 is 11.6 Å². The Morgan fingerprint density at radius 1 is 0.966 bits per heavy atom. The predicted molar refractivity (Wildman–Crippen MR) is 109 cm³/mol. The maximum atomic E-state index is 12.5. The molecule has 0 unspecified atom stereocenters. The van der Waals surface area contributed by atoms with Gasteiger partial charge in [0.2, 0.25) is 0 Å². The van der Waals surface area contributed by atoms with E-state index in [4.69, 9.17) is 9.57 Å². The third kappa shape index (κ3) is 3.31. The number of rotatable bonds is 4. The summed E-state index contributed by atoms with van der Waals surface area (Å²) in [6, 6.07) is 23.7. The Balaban J connectivity index is 1.45. The van der Waals surface area contributed by atoms with Gasteiger partial charge < -0.3 is 9.84 Å². The molecule has 2 saturated heterocycles. The van der Waals surface area contributed by atoms with Gasteiger partial charge in [0.05, 0.1) is 12.6 Å². The normalized spacial score (nSPS) is 27.0. The molecule has 0 spiro atoms. The van der Waals surface area contributed by atoms with Crippen LogP contribution in [-0.2, 0) is 20.8 Å². The minimum Gasteiger partial charge on any atom is -0.462 e. The van der Waals surface area contributed by atoms with Crippen LogP contribution in [0.2, 0.25) is 0 Å². The number of morpholine rings is 1. The van der Waals surface area contributed by atoms with Crippen molar-refractivity contribution in [1.29, 1.82) is 0 Å². The first-order valence-electron chi connectivity index (χ1n) is 9.95. The van der Waals surface area contributed by atoms with E-state index in [9.17, 15) is 9.90 Å². The quantitative estimate of drug-likeness (QED) is 0.693. The SMILES string of the molecule is O=C1OC[C@H](c2ccccc2)N2O[C@@](CO)(Cc3ccc4ccccc4c3)C[C@@H]12. The van der Waals surface area contributed by atoms with Gasteiger partial charge in [-0.1, -0.05) is 72.8 Å². The molecule has 0 saturated carbocycles. The number of esters is 1. The van der Waals surface area contributed by atoms with E-state index in [1.807, 2.05) is 42.5 Å². The maximum absolute atomic E-state index is 12.5. The topological polar surface area (TPSA) is 59.0 Å². The van der Waals surface area contributed by atoms with Crippen LogP contribution in [0.15, 0.2) is 72.8 Å². The minimum absolute atomic E-state index is 0.165. The summed E-state index contributed by atoms with van der Waals surface area (Å²) in [5.74, 6) is -0.286. The molecule has 3 aromatic carbocycles. The number of hydrogen-bond acceptors (Lipinski definition) is 5. The highest BCUT2D eigenvalue weighted by molar-refractivity contribution is 5.83. The third-order valence-corrected chi connectivity index (χ3v) is 5.95. The van der Waals surface area contributed by atoms with Gasteiger partial charge in [0.15, 0.2) is 0 Å². The highest BCUT2D eigenvalue weighted by Crippen LogP contribution is 2.42. The van der Waals surface area contributed by atoms with Gasteiger partial charge in [-0.2, -0.15) is 5.06 Å². The van der Waals surface area contributed by atoms with Crippen LogP contribution in [0.1, 0.15) is 23.6 Å². The summed E-state index contributed by atoms with van der Waals surface area (Å²) in [6.45, 7) is 0.0818. The summed E-state index contributed by atoms with van der Waals surface area (Å²) in [4.78, 5) is 18.8. The predicted octanol–water partition coefficient (Wildman–Crippen LogP) is 3.42. The fourth-order valence-electron chi connectivity index (χ4n) is 4.46. The van der Waals surface area contributed by atoms with E-state index in [1.165, 1.54) is 5.39 Å². The lowest BCUT2D eigenvalue weighted by atomic mass is 9.88. The van der Waals surface area contributed by atoms with Crippen LogP contribution in [0.25, 0.3) is 10.8 Å². The molecule has 1 N–H and O–H groups in total. The first-order chi connectivity index (χ1) is 14.2. The fraction of sp³-hybridized carbons (Fsp3) is 0.292. The first kappa shape index (κ1) is 18.3. The number of fused-ring (bicyclic) bond motifs is 2. The number of carbonyl (C=O) groups excluding carboxylic acids is 1. The molecule has 5 nitrogen and oxygen atoms in total. The Hall–Kier alpha value is -2.73. The van der Waals surface area contributed by atoms with Crippen molar-refractivity contribution < 1.29 is 19.5 Å². The second-order valence-electron chi connectivity index (χ2n) is 7.93. The van der Waals surface area contributed by atoms with Crippen LogP contribution in [0.4, 0.5) is 0 Å². The Bertz CT molecular complexity index is 1040. The largest absolute Gasteiger partial charge is 0.462 e. The number of aliphatic hydroxyl groups excluding tert-OH is 1. The van der Waals surface area contributed by atoms with Crippen LogP contribution in [-0.4, -0.2) is 41.0 Å². The van der Waals surface area contributed by atoms with Gasteiger partial charge in [0, 0.05) is 12.8 Å². The lowest BCUT2D eigenvalue weighted by molar-refractivity contribution is -0.257. The van der Waals surface area contributed by atoms with Crippen LogP contribution in [0, 0.1) is 0 Å². The summed E-state index contributed by atoms with van der Waals surface area (Å²) < 4.78 is 5.46. The molecule has 29 heavy (non-hydrogen) atoms. The number of ether oxygens (including phenoxy) is 1. The molecule has 2 fully saturated rings. The zero-order valence-corrected chi connectivity index (χ0v) is 16.0. The smallest absolute Gasteiger partial charge is 0.325 e. The van der Waals surface area contributed by atoms with E-state index in [2.05, 4.69) is 30.3 Å². The van der Waals surface area contributed by atoms with Crippen LogP contribution >= 0.6 is 0 Å². The zero-order valence-electron chi connectivity index (χ0n) is 16.0. The Kier molecular flexibility index (Phi) is 4.59. The molecule has 3 atom stereocenters. The van der Waals surface area contributed by atoms with Crippen LogP contribution in [0.3, 0.4) is 0 Å². The molecular weight excluding hydrogens is 366 g/mol. The molecule has 5 rings (SSSR count). The molecule has 0 aliphatic carbocycles. The number of benzene rings is 3. The lowest BCUT2D eigenvalue weighted by Gasteiger charge is -2.35. The molecule has 5 heteroatoms. The molecule has 148 valence electrons. The lowest BCUT2D eigenvalue weighted by Crippen LogP contribution is -2.46. The van der Waals surface area contributed by atoms with Gasteiger partial charge in [-0.25, -0.2) is 0 Å². The van der Waals surface area contributed by atoms with Crippen LogP contribution in [0.5, 0.6) is 0 Å². The number of carbonyl (C=O) groups is 1. The van der Waals surface area contributed by atoms with Gasteiger partial charge >= 0.3 is 5.97 Å². The van der Waals surface area contributed by atoms with E-state index in [-0.39, 0.29) is 25.2 Å². The van der Waals surface area contributed by atoms with Crippen molar-refractivity contribution >= 4 is 16.7 Å². The van der Waals surface area contributed by atoms with E-state index in [1.54, 1.807) is 5.06 Å². The Morgan fingerprint density at radius 3 is 2.52 bits per heavy atom. The van der Waals surface area contributed by atoms with Gasteiger partial charge in [0.25, 0.3) is 0 Å². The number of nitrogens with zero attached hydrogens (tertiary/aromatic N) is 1. The van der Waals surface area contributed by atoms with Crippen molar-refractivity contribution in [2.75, 3.05) is 13.2 Å². The first-order valence-corrected chi connectivity index (χ1v) is 9.95. The average Bonchev–Trinajstić information content (AvgIpc) is 3.15. The molecule has 0 amide bonds. The highest BCUT2D eigenvalue weighted by atomic mass is 16.7. The zero-order chi connectivity index (χ0) is 19.8. The van der Waals surface area contributed by atoms with E-state index in [0.717, 1.165) is 16.5 Å². The van der Waals surface area contributed by atoms with Crippen molar-refractivity contribution in [3.05, 3.63) is 83.9 Å². The fourth-order valence-corrected chi connectivity index (χ4v) is 4.46. The van der Waals surface area contributed by atoms with Crippen molar-refractivity contribution in [3.63, 3.8) is 0 Å². The summed E-state index contributed by atoms with van der Waals surface area (Å²) in [6.07, 6.45) is 0.925. The van der Waals surface area contributed by atoms with Gasteiger partial charge in [-0.05, 0) is 21.9 Å². The average molecular weight is 389 g/mol. The molecule has 0 bridgehead atoms. The maximum Gasteiger partial charge on any atom is 0.325 e. The molecule has 0 aromatic heterocycles. The third-order valence-electron chi connectivity index (χ3n) is 5.95.